The maximum absolute atomic E-state index is 13.3. The van der Waals surface area contributed by atoms with Crippen LogP contribution in [0.3, 0.4) is 0 Å². The highest BCUT2D eigenvalue weighted by Crippen LogP contribution is 2.28. The normalized spacial score (nSPS) is 18.4. The lowest BCUT2D eigenvalue weighted by Crippen LogP contribution is -2.41. The van der Waals surface area contributed by atoms with Gasteiger partial charge in [-0.05, 0) is 47.4 Å². The minimum absolute atomic E-state index is 0.0174. The van der Waals surface area contributed by atoms with Gasteiger partial charge in [-0.15, -0.1) is 0 Å². The lowest BCUT2D eigenvalue weighted by atomic mass is 9.86. The lowest BCUT2D eigenvalue weighted by Gasteiger charge is -2.28. The topological polar surface area (TPSA) is 54.5 Å². The van der Waals surface area contributed by atoms with Gasteiger partial charge < -0.3 is 4.90 Å². The predicted molar refractivity (Wildman–Crippen MR) is 110 cm³/mol. The van der Waals surface area contributed by atoms with Crippen LogP contribution in [0.5, 0.6) is 0 Å². The van der Waals surface area contributed by atoms with Gasteiger partial charge in [0.15, 0.2) is 9.84 Å². The number of nitrogens with zero attached hydrogens (tertiary/aromatic N) is 1. The largest absolute Gasteiger partial charge is 0.300 e. The minimum Gasteiger partial charge on any atom is -0.300 e. The van der Waals surface area contributed by atoms with Crippen molar-refractivity contribution in [2.24, 2.45) is 0 Å². The molecule has 0 saturated heterocycles. The zero-order valence-corrected chi connectivity index (χ0v) is 17.1. The molecule has 0 N–H and O–H groups in total. The Morgan fingerprint density at radius 3 is 2.30 bits per heavy atom. The fraction of sp³-hybridized carbons (Fsp3) is 0.286. The number of hydrogen-bond donors (Lipinski definition) is 0. The lowest BCUT2D eigenvalue weighted by molar-refractivity contribution is 0.0983. The maximum Gasteiger partial charge on any atom is 0.258 e. The van der Waals surface area contributed by atoms with Crippen LogP contribution in [0, 0.1) is 0 Å². The van der Waals surface area contributed by atoms with Gasteiger partial charge in [-0.25, -0.2) is 8.42 Å². The molecular formula is C21H22ClNO3S. The van der Waals surface area contributed by atoms with Crippen molar-refractivity contribution < 1.29 is 13.2 Å². The molecule has 0 radical (unpaired) electrons. The summed E-state index contributed by atoms with van der Waals surface area (Å²) in [5.74, 6) is -0.393. The number of hydrogen-bond acceptors (Lipinski definition) is 3. The van der Waals surface area contributed by atoms with Crippen LogP contribution in [0.25, 0.3) is 0 Å². The quantitative estimate of drug-likeness (QED) is 0.752. The van der Waals surface area contributed by atoms with Crippen LogP contribution in [0.4, 0.5) is 5.69 Å². The zero-order chi connectivity index (χ0) is 19.8. The van der Waals surface area contributed by atoms with Gasteiger partial charge in [-0.1, -0.05) is 50.6 Å². The molecule has 1 heterocycles. The molecule has 27 heavy (non-hydrogen) atoms. The monoisotopic (exact) mass is 403 g/mol. The van der Waals surface area contributed by atoms with Crippen LogP contribution in [0.15, 0.2) is 60.0 Å². The van der Waals surface area contributed by atoms with Gasteiger partial charge in [0, 0.05) is 21.7 Å². The number of benzene rings is 2. The number of carbonyl (C=O) groups is 1. The summed E-state index contributed by atoms with van der Waals surface area (Å²) in [5, 5.41) is 1.66. The summed E-state index contributed by atoms with van der Waals surface area (Å²) >= 11 is 6.10. The second-order valence-corrected chi connectivity index (χ2v) is 10.1. The van der Waals surface area contributed by atoms with Gasteiger partial charge in [0.2, 0.25) is 0 Å². The summed E-state index contributed by atoms with van der Waals surface area (Å²) in [5.41, 5.74) is 2.17. The standard InChI is InChI=1S/C21H22ClNO3S/c1-21(2,3)16-9-7-15(8-10-16)20(24)23(18-6-4-5-17(22)13-18)19-11-12-27(25,26)14-19/h4-13,19H,14H2,1-3H3/t19-/m0/s1. The van der Waals surface area contributed by atoms with Crippen molar-refractivity contribution in [1.29, 1.82) is 0 Å². The molecule has 1 amide bonds. The minimum atomic E-state index is -3.31. The maximum atomic E-state index is 13.3. The van der Waals surface area contributed by atoms with Crippen molar-refractivity contribution in [3.05, 3.63) is 76.2 Å². The Labute approximate surface area is 165 Å². The van der Waals surface area contributed by atoms with Gasteiger partial charge in [0.25, 0.3) is 5.91 Å². The summed E-state index contributed by atoms with van der Waals surface area (Å²) in [6.07, 6.45) is 1.55. The number of sulfone groups is 1. The Hall–Kier alpha value is -2.11. The van der Waals surface area contributed by atoms with Crippen molar-refractivity contribution in [1.82, 2.24) is 0 Å². The predicted octanol–water partition coefficient (Wildman–Crippen LogP) is 4.60. The third kappa shape index (κ3) is 4.42. The molecule has 0 spiro atoms. The van der Waals surface area contributed by atoms with Gasteiger partial charge in [-0.3, -0.25) is 4.79 Å². The first kappa shape index (κ1) is 19.6. The Morgan fingerprint density at radius 1 is 1.11 bits per heavy atom. The molecule has 4 nitrogen and oxygen atoms in total. The Balaban J connectivity index is 2.00. The van der Waals surface area contributed by atoms with E-state index in [9.17, 15) is 13.2 Å². The van der Waals surface area contributed by atoms with Crippen LogP contribution >= 0.6 is 11.6 Å². The first-order valence-electron chi connectivity index (χ1n) is 8.67. The first-order valence-corrected chi connectivity index (χ1v) is 10.8. The van der Waals surface area contributed by atoms with Crippen LogP contribution in [-0.4, -0.2) is 26.1 Å². The highest BCUT2D eigenvalue weighted by Gasteiger charge is 2.32. The van der Waals surface area contributed by atoms with Crippen LogP contribution in [0.1, 0.15) is 36.7 Å². The van der Waals surface area contributed by atoms with E-state index in [1.807, 2.05) is 12.1 Å². The molecule has 2 aromatic rings. The van der Waals surface area contributed by atoms with E-state index in [4.69, 9.17) is 11.6 Å². The smallest absolute Gasteiger partial charge is 0.258 e. The van der Waals surface area contributed by atoms with Crippen molar-refractivity contribution >= 4 is 33.0 Å². The van der Waals surface area contributed by atoms with E-state index in [1.165, 1.54) is 10.3 Å². The molecule has 3 rings (SSSR count). The SMILES string of the molecule is CC(C)(C)c1ccc(C(=O)N(c2cccc(Cl)c2)[C@H]2C=CS(=O)(=O)C2)cc1. The van der Waals surface area contributed by atoms with Crippen LogP contribution < -0.4 is 4.90 Å². The van der Waals surface area contributed by atoms with E-state index < -0.39 is 15.9 Å². The number of carbonyl (C=O) groups excluding carboxylic acids is 1. The molecule has 0 fully saturated rings. The molecule has 1 atom stereocenters. The van der Waals surface area contributed by atoms with Crippen LogP contribution in [-0.2, 0) is 15.3 Å². The van der Waals surface area contributed by atoms with Crippen molar-refractivity contribution in [3.63, 3.8) is 0 Å². The van der Waals surface area contributed by atoms with E-state index in [0.29, 0.717) is 16.3 Å². The second kappa shape index (κ2) is 7.13. The summed E-state index contributed by atoms with van der Waals surface area (Å²) in [6.45, 7) is 6.32. The van der Waals surface area contributed by atoms with E-state index in [1.54, 1.807) is 42.5 Å². The molecule has 1 aliphatic heterocycles. The van der Waals surface area contributed by atoms with Gasteiger partial charge in [0.1, 0.15) is 0 Å². The highest BCUT2D eigenvalue weighted by atomic mass is 35.5. The van der Waals surface area contributed by atoms with Gasteiger partial charge in [0.05, 0.1) is 11.8 Å². The highest BCUT2D eigenvalue weighted by molar-refractivity contribution is 7.94. The second-order valence-electron chi connectivity index (χ2n) is 7.71. The third-order valence-corrected chi connectivity index (χ3v) is 6.16. The Bertz CT molecular complexity index is 989. The molecule has 2 aromatic carbocycles. The molecule has 0 unspecified atom stereocenters. The summed E-state index contributed by atoms with van der Waals surface area (Å²) < 4.78 is 23.8. The van der Waals surface area contributed by atoms with E-state index >= 15 is 0 Å². The molecule has 0 aliphatic carbocycles. The summed E-state index contributed by atoms with van der Waals surface area (Å²) in [6, 6.07) is 13.8. The first-order chi connectivity index (χ1) is 12.6. The van der Waals surface area contributed by atoms with Crippen molar-refractivity contribution in [2.75, 3.05) is 10.7 Å². The molecule has 0 saturated carbocycles. The fourth-order valence-corrected chi connectivity index (χ4v) is 4.51. The van der Waals surface area contributed by atoms with Crippen molar-refractivity contribution in [3.8, 4) is 0 Å². The molecule has 0 bridgehead atoms. The summed E-state index contributed by atoms with van der Waals surface area (Å²) in [7, 11) is -3.31. The molecular weight excluding hydrogens is 382 g/mol. The molecule has 142 valence electrons. The average molecular weight is 404 g/mol. The van der Waals surface area contributed by atoms with E-state index in [2.05, 4.69) is 20.8 Å². The third-order valence-electron chi connectivity index (χ3n) is 4.55. The Morgan fingerprint density at radius 2 is 1.78 bits per heavy atom. The molecule has 1 aliphatic rings. The zero-order valence-electron chi connectivity index (χ0n) is 15.5. The van der Waals surface area contributed by atoms with Crippen LogP contribution in [0.2, 0.25) is 5.02 Å². The average Bonchev–Trinajstić information content (AvgIpc) is 2.94. The molecule has 6 heteroatoms. The molecule has 0 aromatic heterocycles. The van der Waals surface area contributed by atoms with Crippen molar-refractivity contribution in [2.45, 2.75) is 32.2 Å². The number of halogens is 1. The number of anilines is 1. The summed E-state index contributed by atoms with van der Waals surface area (Å²) in [4.78, 5) is 14.8. The fourth-order valence-electron chi connectivity index (χ4n) is 3.06. The Kier molecular flexibility index (Phi) is 5.19. The van der Waals surface area contributed by atoms with Gasteiger partial charge >= 0.3 is 0 Å². The number of amides is 1. The van der Waals surface area contributed by atoms with Gasteiger partial charge in [-0.2, -0.15) is 0 Å². The number of rotatable bonds is 3. The van der Waals surface area contributed by atoms with E-state index in [-0.39, 0.29) is 17.1 Å². The van der Waals surface area contributed by atoms with E-state index in [0.717, 1.165) is 5.56 Å².